The molecule has 0 aliphatic carbocycles. The normalized spacial score (nSPS) is 16.5. The van der Waals surface area contributed by atoms with E-state index in [1.165, 1.54) is 11.5 Å². The number of carbonyl (C=O) groups is 1. The van der Waals surface area contributed by atoms with Gasteiger partial charge in [-0.3, -0.25) is 5.32 Å². The van der Waals surface area contributed by atoms with Gasteiger partial charge in [-0.25, -0.2) is 4.79 Å². The van der Waals surface area contributed by atoms with Gasteiger partial charge in [-0.15, -0.1) is 0 Å². The second-order valence-electron chi connectivity index (χ2n) is 6.24. The number of hydrogen-bond acceptors (Lipinski definition) is 4. The molecule has 2 amide bonds. The molecule has 2 heterocycles. The van der Waals surface area contributed by atoms with Crippen LogP contribution < -0.4 is 5.32 Å². The van der Waals surface area contributed by atoms with Crippen LogP contribution >= 0.6 is 34.7 Å². The lowest BCUT2D eigenvalue weighted by Gasteiger charge is -2.25. The molecule has 0 spiro atoms. The Bertz CT molecular complexity index is 963. The van der Waals surface area contributed by atoms with E-state index in [9.17, 15) is 4.79 Å². The Kier molecular flexibility index (Phi) is 5.29. The first-order valence-electron chi connectivity index (χ1n) is 8.53. The maximum absolute atomic E-state index is 12.8. The molecular formula is C19H16Cl2N4OS. The van der Waals surface area contributed by atoms with E-state index in [1.54, 1.807) is 6.07 Å². The summed E-state index contributed by atoms with van der Waals surface area (Å²) in [7, 11) is 0. The lowest BCUT2D eigenvalue weighted by Crippen LogP contribution is -2.34. The number of rotatable bonds is 3. The topological polar surface area (TPSA) is 58.1 Å². The van der Waals surface area contributed by atoms with Crippen LogP contribution in [0, 0.1) is 0 Å². The molecule has 2 aromatic carbocycles. The summed E-state index contributed by atoms with van der Waals surface area (Å²) in [5.74, 6) is 0.610. The Morgan fingerprint density at radius 1 is 1.15 bits per heavy atom. The summed E-state index contributed by atoms with van der Waals surface area (Å²) < 4.78 is 4.33. The zero-order valence-corrected chi connectivity index (χ0v) is 16.6. The van der Waals surface area contributed by atoms with Gasteiger partial charge >= 0.3 is 6.03 Å². The van der Waals surface area contributed by atoms with Crippen molar-refractivity contribution >= 4 is 45.9 Å². The smallest absolute Gasteiger partial charge is 0.317 e. The summed E-state index contributed by atoms with van der Waals surface area (Å²) in [5, 5.41) is 4.37. The largest absolute Gasteiger partial charge is 0.324 e. The Labute approximate surface area is 171 Å². The molecule has 0 saturated carbocycles. The molecule has 4 rings (SSSR count). The Hall–Kier alpha value is -2.15. The van der Waals surface area contributed by atoms with Crippen LogP contribution in [0.3, 0.4) is 0 Å². The third-order valence-corrected chi connectivity index (χ3v) is 5.88. The van der Waals surface area contributed by atoms with E-state index in [2.05, 4.69) is 14.7 Å². The van der Waals surface area contributed by atoms with Crippen molar-refractivity contribution in [3.05, 3.63) is 64.1 Å². The van der Waals surface area contributed by atoms with E-state index in [-0.39, 0.29) is 12.1 Å². The number of nitrogens with one attached hydrogen (secondary N) is 1. The van der Waals surface area contributed by atoms with Crippen LogP contribution in [0.15, 0.2) is 48.5 Å². The summed E-state index contributed by atoms with van der Waals surface area (Å²) in [6, 6.07) is 15.0. The molecule has 138 valence electrons. The van der Waals surface area contributed by atoms with Crippen molar-refractivity contribution in [1.29, 1.82) is 0 Å². The minimum Gasteiger partial charge on any atom is -0.317 e. The van der Waals surface area contributed by atoms with Crippen molar-refractivity contribution in [2.24, 2.45) is 0 Å². The Morgan fingerprint density at radius 3 is 2.74 bits per heavy atom. The summed E-state index contributed by atoms with van der Waals surface area (Å²) in [4.78, 5) is 19.0. The van der Waals surface area contributed by atoms with E-state index in [1.807, 2.05) is 47.4 Å². The number of hydrogen-bond donors (Lipinski definition) is 1. The fraction of sp³-hybridized carbons (Fsp3) is 0.211. The summed E-state index contributed by atoms with van der Waals surface area (Å²) in [5.41, 5.74) is 1.91. The minimum absolute atomic E-state index is 0.0266. The summed E-state index contributed by atoms with van der Waals surface area (Å²) >= 11 is 13.3. The molecule has 1 N–H and O–H groups in total. The molecular weight excluding hydrogens is 403 g/mol. The first-order valence-corrected chi connectivity index (χ1v) is 10.1. The molecule has 0 radical (unpaired) electrons. The number of benzene rings is 2. The highest BCUT2D eigenvalue weighted by Crippen LogP contribution is 2.35. The van der Waals surface area contributed by atoms with Crippen LogP contribution in [-0.2, 0) is 0 Å². The molecule has 27 heavy (non-hydrogen) atoms. The maximum atomic E-state index is 12.8. The number of nitrogens with zero attached hydrogens (tertiary/aromatic N) is 3. The van der Waals surface area contributed by atoms with Crippen molar-refractivity contribution in [2.75, 3.05) is 11.9 Å². The SMILES string of the molecule is O=C(Nc1nc(-c2ccccc2)ns1)N1CCCC1c1ccc(Cl)c(Cl)c1. The van der Waals surface area contributed by atoms with Crippen LogP contribution in [0.4, 0.5) is 9.93 Å². The van der Waals surface area contributed by atoms with Gasteiger partial charge in [0.25, 0.3) is 0 Å². The number of aromatic nitrogens is 2. The van der Waals surface area contributed by atoms with E-state index < -0.39 is 0 Å². The molecule has 1 saturated heterocycles. The van der Waals surface area contributed by atoms with Gasteiger partial charge in [0.1, 0.15) is 0 Å². The summed E-state index contributed by atoms with van der Waals surface area (Å²) in [6.07, 6.45) is 1.82. The molecule has 1 atom stereocenters. The standard InChI is InChI=1S/C19H16Cl2N4OS/c20-14-9-8-13(11-15(14)21)16-7-4-10-25(16)19(26)23-18-22-17(24-27-18)12-5-2-1-3-6-12/h1-3,5-6,8-9,11,16H,4,7,10H2,(H,22,23,24,26). The van der Waals surface area contributed by atoms with Crippen molar-refractivity contribution in [3.63, 3.8) is 0 Å². The van der Waals surface area contributed by atoms with Gasteiger partial charge in [0, 0.05) is 23.6 Å². The first-order chi connectivity index (χ1) is 13.1. The quantitative estimate of drug-likeness (QED) is 0.577. The average Bonchev–Trinajstić information content (AvgIpc) is 3.34. The fourth-order valence-corrected chi connectivity index (χ4v) is 4.10. The number of halogens is 2. The number of carbonyl (C=O) groups excluding carboxylic acids is 1. The first kappa shape index (κ1) is 18.2. The van der Waals surface area contributed by atoms with Crippen molar-refractivity contribution in [2.45, 2.75) is 18.9 Å². The number of amides is 2. The van der Waals surface area contributed by atoms with Crippen molar-refractivity contribution in [3.8, 4) is 11.4 Å². The van der Waals surface area contributed by atoms with Gasteiger partial charge in [-0.1, -0.05) is 59.6 Å². The van der Waals surface area contributed by atoms with Crippen LogP contribution in [0.1, 0.15) is 24.4 Å². The lowest BCUT2D eigenvalue weighted by molar-refractivity contribution is 0.207. The maximum Gasteiger partial charge on any atom is 0.324 e. The van der Waals surface area contributed by atoms with Gasteiger partial charge in [0.15, 0.2) is 5.82 Å². The molecule has 0 bridgehead atoms. The fourth-order valence-electron chi connectivity index (χ4n) is 3.22. The highest BCUT2D eigenvalue weighted by atomic mass is 35.5. The van der Waals surface area contributed by atoms with Crippen molar-refractivity contribution < 1.29 is 4.79 Å². The second-order valence-corrected chi connectivity index (χ2v) is 7.81. The Morgan fingerprint density at radius 2 is 1.96 bits per heavy atom. The van der Waals surface area contributed by atoms with Crippen LogP contribution in [0.2, 0.25) is 10.0 Å². The molecule has 3 aromatic rings. The number of likely N-dealkylation sites (tertiary alicyclic amines) is 1. The van der Waals surface area contributed by atoms with E-state index in [0.29, 0.717) is 27.5 Å². The monoisotopic (exact) mass is 418 g/mol. The zero-order chi connectivity index (χ0) is 18.8. The second kappa shape index (κ2) is 7.84. The predicted molar refractivity (Wildman–Crippen MR) is 110 cm³/mol. The minimum atomic E-state index is -0.181. The van der Waals surface area contributed by atoms with Crippen molar-refractivity contribution in [1.82, 2.24) is 14.3 Å². The molecule has 1 aliphatic rings. The van der Waals surface area contributed by atoms with E-state index >= 15 is 0 Å². The van der Waals surface area contributed by atoms with Crippen LogP contribution in [0.25, 0.3) is 11.4 Å². The van der Waals surface area contributed by atoms with Gasteiger partial charge in [0.2, 0.25) is 5.13 Å². The number of urea groups is 1. The number of anilines is 1. The molecule has 8 heteroatoms. The van der Waals surface area contributed by atoms with Gasteiger partial charge in [-0.05, 0) is 30.5 Å². The highest BCUT2D eigenvalue weighted by molar-refractivity contribution is 7.10. The molecule has 1 aliphatic heterocycles. The van der Waals surface area contributed by atoms with Gasteiger partial charge < -0.3 is 4.90 Å². The molecule has 1 unspecified atom stereocenters. The predicted octanol–water partition coefficient (Wildman–Crippen LogP) is 5.88. The summed E-state index contributed by atoms with van der Waals surface area (Å²) in [6.45, 7) is 0.682. The lowest BCUT2D eigenvalue weighted by atomic mass is 10.0. The van der Waals surface area contributed by atoms with Crippen LogP contribution in [0.5, 0.6) is 0 Å². The van der Waals surface area contributed by atoms with Crippen LogP contribution in [-0.4, -0.2) is 26.8 Å². The average molecular weight is 419 g/mol. The van der Waals surface area contributed by atoms with E-state index in [0.717, 1.165) is 24.0 Å². The third-order valence-electron chi connectivity index (χ3n) is 4.51. The van der Waals surface area contributed by atoms with E-state index in [4.69, 9.17) is 23.2 Å². The highest BCUT2D eigenvalue weighted by Gasteiger charge is 2.30. The third kappa shape index (κ3) is 3.93. The Balaban J connectivity index is 1.49. The molecule has 1 fully saturated rings. The van der Waals surface area contributed by atoms with Gasteiger partial charge in [0.05, 0.1) is 16.1 Å². The molecule has 1 aromatic heterocycles. The molecule has 5 nitrogen and oxygen atoms in total. The zero-order valence-electron chi connectivity index (χ0n) is 14.2. The van der Waals surface area contributed by atoms with Gasteiger partial charge in [-0.2, -0.15) is 9.36 Å².